The molecule has 3 nitrogen and oxygen atoms in total. The maximum Gasteiger partial charge on any atom is 0.207 e. The van der Waals surface area contributed by atoms with Gasteiger partial charge in [-0.15, -0.1) is 0 Å². The molecule has 154 valence electrons. The van der Waals surface area contributed by atoms with Gasteiger partial charge in [0.25, 0.3) is 0 Å². The predicted molar refractivity (Wildman–Crippen MR) is 129 cm³/mol. The first-order valence-corrected chi connectivity index (χ1v) is 15.3. The highest BCUT2D eigenvalue weighted by atomic mass is 32.2. The zero-order valence-electron chi connectivity index (χ0n) is 17.8. The number of hydrogen-bond donors (Lipinski definition) is 0. The fourth-order valence-electron chi connectivity index (χ4n) is 4.26. The van der Waals surface area contributed by atoms with Crippen molar-refractivity contribution in [2.24, 2.45) is 0 Å². The van der Waals surface area contributed by atoms with Crippen molar-refractivity contribution in [2.45, 2.75) is 29.4 Å². The molecule has 2 heterocycles. The Bertz CT molecular complexity index is 1420. The molecular formula is C26H23NO2SSi. The second-order valence-electron chi connectivity index (χ2n) is 8.94. The largest absolute Gasteiger partial charge is 0.256 e. The van der Waals surface area contributed by atoms with Crippen molar-refractivity contribution in [2.75, 3.05) is 0 Å². The lowest BCUT2D eigenvalue weighted by molar-refractivity contribution is 0.598. The van der Waals surface area contributed by atoms with Crippen LogP contribution in [0.15, 0.2) is 94.9 Å². The fraction of sp³-hybridized carbons (Fsp3) is 0.115. The minimum atomic E-state index is -3.45. The van der Waals surface area contributed by atoms with Crippen LogP contribution in [0.2, 0.25) is 19.6 Å². The molecule has 0 amide bonds. The molecule has 1 aromatic heterocycles. The van der Waals surface area contributed by atoms with E-state index in [2.05, 4.69) is 50.0 Å². The number of benzene rings is 3. The Morgan fingerprint density at radius 3 is 2.10 bits per heavy atom. The Kier molecular flexibility index (Phi) is 4.50. The predicted octanol–water partition coefficient (Wildman–Crippen LogP) is 5.77. The summed E-state index contributed by atoms with van der Waals surface area (Å²) in [7, 11) is -5.11. The van der Waals surface area contributed by atoms with Crippen LogP contribution in [0.1, 0.15) is 0 Å². The SMILES string of the molecule is C[Si](C)(C)c1cc(-c2ccc3c(c2)-c2ccccc2S3(=O)=O)ncc1-c1ccccc1. The summed E-state index contributed by atoms with van der Waals surface area (Å²) in [5, 5.41) is 1.34. The molecule has 0 radical (unpaired) electrons. The third kappa shape index (κ3) is 3.25. The summed E-state index contributed by atoms with van der Waals surface area (Å²) < 4.78 is 25.8. The van der Waals surface area contributed by atoms with Crippen molar-refractivity contribution in [1.82, 2.24) is 4.98 Å². The number of fused-ring (bicyclic) bond motifs is 3. The van der Waals surface area contributed by atoms with Gasteiger partial charge < -0.3 is 0 Å². The van der Waals surface area contributed by atoms with Gasteiger partial charge in [0.2, 0.25) is 9.84 Å². The molecule has 5 heteroatoms. The molecule has 0 aliphatic carbocycles. The van der Waals surface area contributed by atoms with Crippen LogP contribution in [0.3, 0.4) is 0 Å². The molecule has 0 atom stereocenters. The van der Waals surface area contributed by atoms with Crippen LogP contribution in [-0.2, 0) is 9.84 Å². The van der Waals surface area contributed by atoms with Crippen LogP contribution in [0.4, 0.5) is 0 Å². The number of rotatable bonds is 3. The quantitative estimate of drug-likeness (QED) is 0.334. The number of nitrogens with zero attached hydrogens (tertiary/aromatic N) is 1. The molecule has 5 rings (SSSR count). The maximum absolute atomic E-state index is 12.9. The van der Waals surface area contributed by atoms with E-state index in [0.29, 0.717) is 9.79 Å². The third-order valence-corrected chi connectivity index (χ3v) is 9.73. The van der Waals surface area contributed by atoms with Gasteiger partial charge in [0, 0.05) is 22.9 Å². The van der Waals surface area contributed by atoms with Crippen LogP contribution in [-0.4, -0.2) is 21.5 Å². The zero-order chi connectivity index (χ0) is 21.8. The molecule has 0 N–H and O–H groups in total. The Hall–Kier alpha value is -3.02. The van der Waals surface area contributed by atoms with E-state index in [1.165, 1.54) is 16.3 Å². The lowest BCUT2D eigenvalue weighted by atomic mass is 10.0. The summed E-state index contributed by atoms with van der Waals surface area (Å²) in [5.74, 6) is 0. The Balaban J connectivity index is 1.68. The van der Waals surface area contributed by atoms with Gasteiger partial charge in [0.1, 0.15) is 0 Å². The molecule has 4 aromatic rings. The Labute approximate surface area is 184 Å². The molecule has 0 bridgehead atoms. The van der Waals surface area contributed by atoms with E-state index in [9.17, 15) is 8.42 Å². The summed E-state index contributed by atoms with van der Waals surface area (Å²) in [6, 6.07) is 25.4. The van der Waals surface area contributed by atoms with Crippen molar-refractivity contribution in [3.05, 3.63) is 85.1 Å². The van der Waals surface area contributed by atoms with Gasteiger partial charge >= 0.3 is 0 Å². The minimum Gasteiger partial charge on any atom is -0.256 e. The van der Waals surface area contributed by atoms with E-state index in [4.69, 9.17) is 4.98 Å². The van der Waals surface area contributed by atoms with Crippen LogP contribution in [0.25, 0.3) is 33.5 Å². The number of sulfone groups is 1. The molecule has 0 saturated carbocycles. The number of pyridine rings is 1. The van der Waals surface area contributed by atoms with Crippen LogP contribution in [0.5, 0.6) is 0 Å². The molecule has 1 aliphatic heterocycles. The average Bonchev–Trinajstić information content (AvgIpc) is 3.00. The van der Waals surface area contributed by atoms with Crippen LogP contribution < -0.4 is 5.19 Å². The van der Waals surface area contributed by atoms with E-state index >= 15 is 0 Å². The summed E-state index contributed by atoms with van der Waals surface area (Å²) in [6.07, 6.45) is 1.97. The second-order valence-corrected chi connectivity index (χ2v) is 15.9. The van der Waals surface area contributed by atoms with Gasteiger partial charge in [0.15, 0.2) is 0 Å². The maximum atomic E-state index is 12.9. The first-order valence-electron chi connectivity index (χ1n) is 10.3. The lowest BCUT2D eigenvalue weighted by Crippen LogP contribution is -2.39. The van der Waals surface area contributed by atoms with Crippen molar-refractivity contribution >= 4 is 23.1 Å². The number of hydrogen-bond acceptors (Lipinski definition) is 3. The average molecular weight is 442 g/mol. The van der Waals surface area contributed by atoms with Crippen molar-refractivity contribution in [3.8, 4) is 33.5 Å². The van der Waals surface area contributed by atoms with E-state index in [1.54, 1.807) is 18.2 Å². The van der Waals surface area contributed by atoms with Crippen molar-refractivity contribution in [1.29, 1.82) is 0 Å². The van der Waals surface area contributed by atoms with E-state index in [1.807, 2.05) is 36.5 Å². The highest BCUT2D eigenvalue weighted by Crippen LogP contribution is 2.44. The van der Waals surface area contributed by atoms with Gasteiger partial charge in [-0.05, 0) is 40.6 Å². The number of aromatic nitrogens is 1. The third-order valence-electron chi connectivity index (χ3n) is 5.83. The summed E-state index contributed by atoms with van der Waals surface area (Å²) in [5.41, 5.74) is 5.69. The molecule has 3 aromatic carbocycles. The minimum absolute atomic E-state index is 0.378. The molecule has 0 spiro atoms. The molecule has 1 aliphatic rings. The van der Waals surface area contributed by atoms with Gasteiger partial charge in [-0.3, -0.25) is 4.98 Å². The van der Waals surface area contributed by atoms with Crippen LogP contribution >= 0.6 is 0 Å². The van der Waals surface area contributed by atoms with Gasteiger partial charge in [-0.25, -0.2) is 8.42 Å². The standard InChI is InChI=1S/C26H23NO2SSi/c1-31(2,3)26-16-23(27-17-22(26)18-9-5-4-6-10-18)19-13-14-25-21(15-19)20-11-7-8-12-24(20)30(25,28)29/h4-17H,1-3H3. The first-order chi connectivity index (χ1) is 14.8. The summed E-state index contributed by atoms with van der Waals surface area (Å²) in [4.78, 5) is 5.55. The highest BCUT2D eigenvalue weighted by Gasteiger charge is 2.32. The van der Waals surface area contributed by atoms with Gasteiger partial charge in [-0.1, -0.05) is 74.2 Å². The molecule has 0 saturated heterocycles. The van der Waals surface area contributed by atoms with E-state index < -0.39 is 17.9 Å². The fourth-order valence-corrected chi connectivity index (χ4v) is 7.51. The van der Waals surface area contributed by atoms with E-state index in [0.717, 1.165) is 22.4 Å². The molecule has 0 fully saturated rings. The van der Waals surface area contributed by atoms with E-state index in [-0.39, 0.29) is 0 Å². The Morgan fingerprint density at radius 2 is 1.35 bits per heavy atom. The highest BCUT2D eigenvalue weighted by molar-refractivity contribution is 7.92. The first kappa shape index (κ1) is 19.9. The summed E-state index contributed by atoms with van der Waals surface area (Å²) in [6.45, 7) is 7.01. The lowest BCUT2D eigenvalue weighted by Gasteiger charge is -2.22. The van der Waals surface area contributed by atoms with Gasteiger partial charge in [-0.2, -0.15) is 0 Å². The molecule has 0 unspecified atom stereocenters. The topological polar surface area (TPSA) is 47.0 Å². The normalized spacial score (nSPS) is 14.2. The monoisotopic (exact) mass is 441 g/mol. The smallest absolute Gasteiger partial charge is 0.207 e. The second kappa shape index (κ2) is 7.01. The molecular weight excluding hydrogens is 418 g/mol. The van der Waals surface area contributed by atoms with Crippen molar-refractivity contribution < 1.29 is 8.42 Å². The zero-order valence-corrected chi connectivity index (χ0v) is 19.6. The molecule has 31 heavy (non-hydrogen) atoms. The van der Waals surface area contributed by atoms with Crippen LogP contribution in [0, 0.1) is 0 Å². The van der Waals surface area contributed by atoms with Gasteiger partial charge in [0.05, 0.1) is 23.6 Å². The van der Waals surface area contributed by atoms with Crippen molar-refractivity contribution in [3.63, 3.8) is 0 Å². The summed E-state index contributed by atoms with van der Waals surface area (Å²) >= 11 is 0. The Morgan fingerprint density at radius 1 is 0.677 bits per heavy atom.